The molecule has 17 heavy (non-hydrogen) atoms. The van der Waals surface area contributed by atoms with E-state index in [0.29, 0.717) is 24.0 Å². The van der Waals surface area contributed by atoms with E-state index in [2.05, 4.69) is 26.8 Å². The van der Waals surface area contributed by atoms with Gasteiger partial charge in [0.2, 0.25) is 5.95 Å². The Kier molecular flexibility index (Phi) is 3.61. The minimum Gasteiger partial charge on any atom is -0.467 e. The fraction of sp³-hybridized carbons (Fsp3) is 0.727. The Balaban J connectivity index is 2.29. The summed E-state index contributed by atoms with van der Waals surface area (Å²) in [6, 6.07) is 1.04. The molecule has 0 bridgehead atoms. The zero-order valence-corrected chi connectivity index (χ0v) is 10.5. The Hall–Kier alpha value is -1.59. The van der Waals surface area contributed by atoms with Gasteiger partial charge in [-0.05, 0) is 26.2 Å². The highest BCUT2D eigenvalue weighted by molar-refractivity contribution is 5.34. The van der Waals surface area contributed by atoms with Crippen molar-refractivity contribution in [1.29, 1.82) is 0 Å². The van der Waals surface area contributed by atoms with Crippen LogP contribution in [0, 0.1) is 0 Å². The van der Waals surface area contributed by atoms with Crippen molar-refractivity contribution in [3.63, 3.8) is 0 Å². The molecule has 1 unspecified atom stereocenters. The van der Waals surface area contributed by atoms with Crippen LogP contribution < -0.4 is 14.4 Å². The van der Waals surface area contributed by atoms with Gasteiger partial charge in [0.05, 0.1) is 14.2 Å². The molecule has 6 heteroatoms. The average Bonchev–Trinajstić information content (AvgIpc) is 2.38. The molecule has 1 aromatic rings. The molecule has 0 amide bonds. The fourth-order valence-electron chi connectivity index (χ4n) is 2.03. The lowest BCUT2D eigenvalue weighted by Crippen LogP contribution is -2.38. The molecule has 0 spiro atoms. The van der Waals surface area contributed by atoms with E-state index < -0.39 is 0 Å². The molecular weight excluding hydrogens is 220 g/mol. The number of aromatic nitrogens is 3. The lowest BCUT2D eigenvalue weighted by molar-refractivity contribution is 0.338. The molecule has 1 aliphatic rings. The number of rotatable bonds is 3. The largest absolute Gasteiger partial charge is 0.467 e. The smallest absolute Gasteiger partial charge is 0.324 e. The van der Waals surface area contributed by atoms with E-state index in [-0.39, 0.29) is 0 Å². The minimum absolute atomic E-state index is 0.296. The van der Waals surface area contributed by atoms with E-state index in [0.717, 1.165) is 13.0 Å². The summed E-state index contributed by atoms with van der Waals surface area (Å²) in [4.78, 5) is 14.7. The van der Waals surface area contributed by atoms with Crippen LogP contribution in [0.2, 0.25) is 0 Å². The van der Waals surface area contributed by atoms with Crippen molar-refractivity contribution in [1.82, 2.24) is 15.0 Å². The second-order valence-electron chi connectivity index (χ2n) is 4.15. The van der Waals surface area contributed by atoms with E-state index >= 15 is 0 Å². The summed E-state index contributed by atoms with van der Waals surface area (Å²) >= 11 is 0. The van der Waals surface area contributed by atoms with E-state index in [9.17, 15) is 0 Å². The number of piperidine rings is 1. The highest BCUT2D eigenvalue weighted by Crippen LogP contribution is 2.23. The third kappa shape index (κ3) is 2.57. The van der Waals surface area contributed by atoms with Crippen LogP contribution in [-0.4, -0.2) is 41.8 Å². The Bertz CT molecular complexity index is 363. The maximum Gasteiger partial charge on any atom is 0.324 e. The van der Waals surface area contributed by atoms with Gasteiger partial charge in [-0.3, -0.25) is 0 Å². The van der Waals surface area contributed by atoms with E-state index in [4.69, 9.17) is 9.47 Å². The highest BCUT2D eigenvalue weighted by Gasteiger charge is 2.22. The number of hydrogen-bond donors (Lipinski definition) is 0. The van der Waals surface area contributed by atoms with Gasteiger partial charge in [0, 0.05) is 12.6 Å². The van der Waals surface area contributed by atoms with Gasteiger partial charge < -0.3 is 14.4 Å². The molecule has 0 radical (unpaired) electrons. The number of ether oxygens (including phenoxy) is 2. The number of anilines is 1. The van der Waals surface area contributed by atoms with Gasteiger partial charge in [0.1, 0.15) is 0 Å². The summed E-state index contributed by atoms with van der Waals surface area (Å²) in [7, 11) is 3.08. The van der Waals surface area contributed by atoms with Gasteiger partial charge in [-0.25, -0.2) is 0 Å². The first-order valence-corrected chi connectivity index (χ1v) is 5.85. The summed E-state index contributed by atoms with van der Waals surface area (Å²) in [5.41, 5.74) is 0. The molecule has 1 saturated heterocycles. The molecule has 0 aliphatic carbocycles. The monoisotopic (exact) mass is 238 g/mol. The molecule has 1 atom stereocenters. The fourth-order valence-corrected chi connectivity index (χ4v) is 2.03. The Labute approximate surface area is 101 Å². The number of methoxy groups -OCH3 is 2. The van der Waals surface area contributed by atoms with Crippen LogP contribution in [-0.2, 0) is 0 Å². The summed E-state index contributed by atoms with van der Waals surface area (Å²) in [6.45, 7) is 3.15. The molecule has 94 valence electrons. The molecule has 0 N–H and O–H groups in total. The first-order chi connectivity index (χ1) is 8.24. The predicted octanol–water partition coefficient (Wildman–Crippen LogP) is 1.27. The van der Waals surface area contributed by atoms with Gasteiger partial charge in [-0.15, -0.1) is 4.98 Å². The van der Waals surface area contributed by atoms with Crippen LogP contribution in [0.25, 0.3) is 0 Å². The molecule has 2 heterocycles. The molecule has 2 rings (SSSR count). The molecular formula is C11H18N4O2. The van der Waals surface area contributed by atoms with Crippen LogP contribution in [0.1, 0.15) is 26.2 Å². The summed E-state index contributed by atoms with van der Waals surface area (Å²) in [5, 5.41) is 0. The average molecular weight is 238 g/mol. The SMILES string of the molecule is COc1nc(OC)nc(N2CCCCC2C)n1. The predicted molar refractivity (Wildman–Crippen MR) is 63.6 cm³/mol. The molecule has 1 fully saturated rings. The zero-order valence-electron chi connectivity index (χ0n) is 10.5. The second-order valence-corrected chi connectivity index (χ2v) is 4.15. The lowest BCUT2D eigenvalue weighted by atomic mass is 10.0. The maximum absolute atomic E-state index is 5.05. The summed E-state index contributed by atoms with van der Waals surface area (Å²) < 4.78 is 10.1. The van der Waals surface area contributed by atoms with Crippen molar-refractivity contribution in [2.75, 3.05) is 25.7 Å². The van der Waals surface area contributed by atoms with E-state index in [1.54, 1.807) is 0 Å². The Morgan fingerprint density at radius 3 is 2.24 bits per heavy atom. The van der Waals surface area contributed by atoms with Gasteiger partial charge in [-0.1, -0.05) is 0 Å². The molecule has 6 nitrogen and oxygen atoms in total. The first-order valence-electron chi connectivity index (χ1n) is 5.85. The third-order valence-corrected chi connectivity index (χ3v) is 3.01. The standard InChI is InChI=1S/C11H18N4O2/c1-8-6-4-5-7-15(8)9-12-10(16-2)14-11(13-9)17-3/h8H,4-7H2,1-3H3. The van der Waals surface area contributed by atoms with Crippen molar-refractivity contribution >= 4 is 5.95 Å². The zero-order chi connectivity index (χ0) is 12.3. The van der Waals surface area contributed by atoms with Crippen LogP contribution in [0.15, 0.2) is 0 Å². The molecule has 0 saturated carbocycles. The molecule has 1 aromatic heterocycles. The minimum atomic E-state index is 0.296. The normalized spacial score (nSPS) is 20.2. The van der Waals surface area contributed by atoms with Gasteiger partial charge >= 0.3 is 12.0 Å². The van der Waals surface area contributed by atoms with Crippen LogP contribution >= 0.6 is 0 Å². The van der Waals surface area contributed by atoms with Crippen LogP contribution in [0.4, 0.5) is 5.95 Å². The Morgan fingerprint density at radius 2 is 1.71 bits per heavy atom. The number of nitrogens with zero attached hydrogens (tertiary/aromatic N) is 4. The summed E-state index contributed by atoms with van der Waals surface area (Å²) in [5.74, 6) is 0.640. The topological polar surface area (TPSA) is 60.4 Å². The third-order valence-electron chi connectivity index (χ3n) is 3.01. The molecule has 1 aliphatic heterocycles. The van der Waals surface area contributed by atoms with Gasteiger partial charge in [0.15, 0.2) is 0 Å². The highest BCUT2D eigenvalue weighted by atomic mass is 16.5. The number of hydrogen-bond acceptors (Lipinski definition) is 6. The van der Waals surface area contributed by atoms with Crippen LogP contribution in [0.3, 0.4) is 0 Å². The second kappa shape index (κ2) is 5.16. The summed E-state index contributed by atoms with van der Waals surface area (Å²) in [6.07, 6.45) is 3.59. The van der Waals surface area contributed by atoms with Crippen molar-refractivity contribution in [3.05, 3.63) is 0 Å². The van der Waals surface area contributed by atoms with Crippen LogP contribution in [0.5, 0.6) is 12.0 Å². The van der Waals surface area contributed by atoms with E-state index in [1.165, 1.54) is 27.1 Å². The van der Waals surface area contributed by atoms with Crippen molar-refractivity contribution < 1.29 is 9.47 Å². The van der Waals surface area contributed by atoms with Crippen molar-refractivity contribution in [3.8, 4) is 12.0 Å². The maximum atomic E-state index is 5.05. The first kappa shape index (κ1) is 11.9. The van der Waals surface area contributed by atoms with Crippen molar-refractivity contribution in [2.45, 2.75) is 32.2 Å². The van der Waals surface area contributed by atoms with E-state index in [1.807, 2.05) is 0 Å². The van der Waals surface area contributed by atoms with Gasteiger partial charge in [0.25, 0.3) is 0 Å². The van der Waals surface area contributed by atoms with Gasteiger partial charge in [-0.2, -0.15) is 9.97 Å². The lowest BCUT2D eigenvalue weighted by Gasteiger charge is -2.33. The quantitative estimate of drug-likeness (QED) is 0.790. The van der Waals surface area contributed by atoms with Crippen molar-refractivity contribution in [2.24, 2.45) is 0 Å². The molecule has 0 aromatic carbocycles. The Morgan fingerprint density at radius 1 is 1.06 bits per heavy atom.